The molecule has 2 aliphatic rings. The van der Waals surface area contributed by atoms with Gasteiger partial charge in [-0.25, -0.2) is 4.39 Å². The van der Waals surface area contributed by atoms with Crippen molar-refractivity contribution in [3.05, 3.63) is 41.8 Å². The maximum Gasteiger partial charge on any atom is 0.273 e. The lowest BCUT2D eigenvalue weighted by Crippen LogP contribution is -2.57. The summed E-state index contributed by atoms with van der Waals surface area (Å²) in [5, 5.41) is 18.9. The number of unbranched alkanes of at least 4 members (excludes halogenated alkanes) is 2. The van der Waals surface area contributed by atoms with Gasteiger partial charge in [-0.05, 0) is 56.5 Å². The lowest BCUT2D eigenvalue weighted by atomic mass is 9.88. The second-order valence-corrected chi connectivity index (χ2v) is 8.69. The zero-order valence-corrected chi connectivity index (χ0v) is 17.9. The van der Waals surface area contributed by atoms with Crippen LogP contribution in [0.3, 0.4) is 0 Å². The number of nitrogens with one attached hydrogen (secondary N) is 2. The van der Waals surface area contributed by atoms with E-state index in [1.807, 2.05) is 0 Å². The summed E-state index contributed by atoms with van der Waals surface area (Å²) in [5.41, 5.74) is 0.858. The fraction of sp³-hybridized carbons (Fsp3) is 0.522. The van der Waals surface area contributed by atoms with Gasteiger partial charge in [-0.3, -0.25) is 9.59 Å². The Kier molecular flexibility index (Phi) is 7.16. The van der Waals surface area contributed by atoms with Crippen LogP contribution in [0.25, 0.3) is 11.3 Å². The Balaban J connectivity index is 1.05. The highest BCUT2D eigenvalue weighted by Gasteiger charge is 2.35. The van der Waals surface area contributed by atoms with Crippen molar-refractivity contribution in [2.45, 2.75) is 44.2 Å². The van der Waals surface area contributed by atoms with E-state index in [1.54, 1.807) is 18.2 Å². The van der Waals surface area contributed by atoms with E-state index in [1.165, 1.54) is 12.1 Å². The van der Waals surface area contributed by atoms with Crippen LogP contribution >= 0.6 is 0 Å². The Bertz CT molecular complexity index is 920. The number of nitrogens with zero attached hydrogens (tertiary/aromatic N) is 2. The topological polar surface area (TPSA) is 108 Å². The third-order valence-electron chi connectivity index (χ3n) is 6.10. The van der Waals surface area contributed by atoms with Crippen molar-refractivity contribution in [3.8, 4) is 11.3 Å². The van der Waals surface area contributed by atoms with Crippen LogP contribution in [0.1, 0.15) is 42.6 Å². The van der Waals surface area contributed by atoms with Crippen LogP contribution < -0.4 is 10.6 Å². The number of carbonyl (C=O) groups excluding carboxylic acids is 2. The number of hydrogen-bond acceptors (Lipinski definition) is 6. The first-order valence-corrected chi connectivity index (χ1v) is 11.2. The number of aromatic nitrogens is 1. The molecule has 172 valence electrons. The molecular formula is C23H29FN4O4. The van der Waals surface area contributed by atoms with E-state index in [2.05, 4.69) is 20.7 Å². The van der Waals surface area contributed by atoms with Gasteiger partial charge < -0.3 is 25.2 Å². The van der Waals surface area contributed by atoms with Gasteiger partial charge in [-0.15, -0.1) is 0 Å². The standard InChI is InChI=1S/C23H29FN4O4/c24-17-6-4-15(5-7-17)21-12-20(27-32-21)23(31)25-8-2-1-3-9-28-13-16(14-28)22(30)26-18-10-19(29)11-18/h4-7,12,16,18-19,29H,1-3,8-11,13-14H2,(H,25,31)(H,26,30)/t18-,19-. The highest BCUT2D eigenvalue weighted by atomic mass is 19.1. The van der Waals surface area contributed by atoms with E-state index < -0.39 is 0 Å². The molecule has 32 heavy (non-hydrogen) atoms. The number of hydrogen-bond donors (Lipinski definition) is 3. The first kappa shape index (κ1) is 22.4. The maximum absolute atomic E-state index is 13.0. The predicted molar refractivity (Wildman–Crippen MR) is 115 cm³/mol. The van der Waals surface area contributed by atoms with E-state index >= 15 is 0 Å². The molecule has 1 aliphatic heterocycles. The Morgan fingerprint density at radius 1 is 1.16 bits per heavy atom. The molecule has 0 atom stereocenters. The Morgan fingerprint density at radius 3 is 2.62 bits per heavy atom. The van der Waals surface area contributed by atoms with Crippen LogP contribution in [0.5, 0.6) is 0 Å². The summed E-state index contributed by atoms with van der Waals surface area (Å²) in [5.74, 6) is -0.0404. The smallest absolute Gasteiger partial charge is 0.273 e. The number of amides is 2. The van der Waals surface area contributed by atoms with Gasteiger partial charge in [0.2, 0.25) is 5.91 Å². The Morgan fingerprint density at radius 2 is 1.91 bits per heavy atom. The van der Waals surface area contributed by atoms with Crippen LogP contribution in [-0.4, -0.2) is 65.3 Å². The van der Waals surface area contributed by atoms with Gasteiger partial charge in [-0.1, -0.05) is 11.6 Å². The number of benzene rings is 1. The quantitative estimate of drug-likeness (QED) is 0.484. The summed E-state index contributed by atoms with van der Waals surface area (Å²) in [7, 11) is 0. The number of carbonyl (C=O) groups is 2. The number of likely N-dealkylation sites (tertiary alicyclic amines) is 1. The van der Waals surface area contributed by atoms with Crippen LogP contribution in [0.2, 0.25) is 0 Å². The molecular weight excluding hydrogens is 415 g/mol. The van der Waals surface area contributed by atoms with E-state index in [9.17, 15) is 19.1 Å². The molecule has 0 spiro atoms. The van der Waals surface area contributed by atoms with Crippen molar-refractivity contribution >= 4 is 11.8 Å². The summed E-state index contributed by atoms with van der Waals surface area (Å²) in [6, 6.07) is 7.50. The summed E-state index contributed by atoms with van der Waals surface area (Å²) >= 11 is 0. The predicted octanol–water partition coefficient (Wildman–Crippen LogP) is 1.95. The number of aliphatic hydroxyl groups excluding tert-OH is 1. The van der Waals surface area contributed by atoms with E-state index in [0.29, 0.717) is 30.7 Å². The molecule has 1 aromatic heterocycles. The molecule has 1 saturated heterocycles. The SMILES string of the molecule is O=C(NCCCCCN1CC(C(=O)N[C@H]2C[C@H](O)C2)C1)c1cc(-c2ccc(F)cc2)on1. The third kappa shape index (κ3) is 5.72. The molecule has 0 radical (unpaired) electrons. The second-order valence-electron chi connectivity index (χ2n) is 8.69. The summed E-state index contributed by atoms with van der Waals surface area (Å²) in [6.45, 7) is 3.08. The van der Waals surface area contributed by atoms with Crippen LogP contribution in [0.15, 0.2) is 34.9 Å². The van der Waals surface area contributed by atoms with Crippen LogP contribution in [-0.2, 0) is 4.79 Å². The van der Waals surface area contributed by atoms with Gasteiger partial charge >= 0.3 is 0 Å². The van der Waals surface area contributed by atoms with Crippen molar-refractivity contribution in [2.75, 3.05) is 26.2 Å². The lowest BCUT2D eigenvalue weighted by molar-refractivity contribution is -0.132. The zero-order valence-electron chi connectivity index (χ0n) is 17.9. The van der Waals surface area contributed by atoms with Gasteiger partial charge in [0.1, 0.15) is 5.82 Å². The van der Waals surface area contributed by atoms with E-state index in [-0.39, 0.29) is 41.4 Å². The molecule has 0 unspecified atom stereocenters. The minimum absolute atomic E-state index is 0.0642. The first-order chi connectivity index (χ1) is 15.5. The molecule has 9 heteroatoms. The monoisotopic (exact) mass is 444 g/mol. The van der Waals surface area contributed by atoms with E-state index in [0.717, 1.165) is 38.9 Å². The van der Waals surface area contributed by atoms with Gasteiger partial charge in [-0.2, -0.15) is 0 Å². The van der Waals surface area contributed by atoms with Gasteiger partial charge in [0, 0.05) is 37.3 Å². The average molecular weight is 445 g/mol. The molecule has 2 aromatic rings. The summed E-state index contributed by atoms with van der Waals surface area (Å²) < 4.78 is 18.2. The minimum Gasteiger partial charge on any atom is -0.393 e. The molecule has 2 heterocycles. The molecule has 3 N–H and O–H groups in total. The molecule has 1 aromatic carbocycles. The highest BCUT2D eigenvalue weighted by molar-refractivity contribution is 5.93. The maximum atomic E-state index is 13.0. The normalized spacial score (nSPS) is 20.9. The first-order valence-electron chi connectivity index (χ1n) is 11.2. The molecule has 8 nitrogen and oxygen atoms in total. The largest absolute Gasteiger partial charge is 0.393 e. The van der Waals surface area contributed by atoms with Gasteiger partial charge in [0.25, 0.3) is 5.91 Å². The van der Waals surface area contributed by atoms with Crippen LogP contribution in [0.4, 0.5) is 4.39 Å². The third-order valence-corrected chi connectivity index (χ3v) is 6.10. The van der Waals surface area contributed by atoms with Gasteiger partial charge in [0.15, 0.2) is 11.5 Å². The minimum atomic E-state index is -0.337. The number of halogens is 1. The molecule has 2 fully saturated rings. The van der Waals surface area contributed by atoms with Crippen molar-refractivity contribution in [1.82, 2.24) is 20.7 Å². The second kappa shape index (κ2) is 10.2. The Hall–Kier alpha value is -2.78. The molecule has 2 amide bonds. The molecule has 1 saturated carbocycles. The lowest BCUT2D eigenvalue weighted by Gasteiger charge is -2.40. The molecule has 1 aliphatic carbocycles. The number of rotatable bonds is 10. The zero-order chi connectivity index (χ0) is 22.5. The summed E-state index contributed by atoms with van der Waals surface area (Å²) in [6.07, 6.45) is 3.94. The van der Waals surface area contributed by atoms with Crippen molar-refractivity contribution in [3.63, 3.8) is 0 Å². The fourth-order valence-corrected chi connectivity index (χ4v) is 4.01. The van der Waals surface area contributed by atoms with Gasteiger partial charge in [0.05, 0.1) is 12.0 Å². The van der Waals surface area contributed by atoms with Crippen molar-refractivity contribution in [2.24, 2.45) is 5.92 Å². The van der Waals surface area contributed by atoms with Crippen molar-refractivity contribution in [1.29, 1.82) is 0 Å². The number of aliphatic hydroxyl groups is 1. The summed E-state index contributed by atoms with van der Waals surface area (Å²) in [4.78, 5) is 26.6. The van der Waals surface area contributed by atoms with Crippen LogP contribution in [0, 0.1) is 11.7 Å². The highest BCUT2D eigenvalue weighted by Crippen LogP contribution is 2.22. The molecule has 4 rings (SSSR count). The van der Waals surface area contributed by atoms with E-state index in [4.69, 9.17) is 4.52 Å². The molecule has 0 bridgehead atoms. The fourth-order valence-electron chi connectivity index (χ4n) is 4.01. The average Bonchev–Trinajstić information content (AvgIpc) is 3.21. The Labute approximate surface area is 186 Å². The van der Waals surface area contributed by atoms with Crippen molar-refractivity contribution < 1.29 is 23.6 Å².